The second kappa shape index (κ2) is 5.29. The lowest BCUT2D eigenvalue weighted by atomic mass is 9.99. The molecular formula is C15H21N3O. The SMILES string of the molecule is N[C@@H]1CN(C(=O)CCc2ccncc2)C[C@H]1C1CC1. The van der Waals surface area contributed by atoms with Gasteiger partial charge in [0.25, 0.3) is 0 Å². The highest BCUT2D eigenvalue weighted by Gasteiger charge is 2.41. The molecule has 19 heavy (non-hydrogen) atoms. The summed E-state index contributed by atoms with van der Waals surface area (Å²) in [7, 11) is 0. The monoisotopic (exact) mass is 259 g/mol. The molecule has 1 amide bonds. The second-order valence-electron chi connectivity index (χ2n) is 5.82. The van der Waals surface area contributed by atoms with E-state index in [2.05, 4.69) is 4.98 Å². The van der Waals surface area contributed by atoms with E-state index in [1.54, 1.807) is 12.4 Å². The molecular weight excluding hydrogens is 238 g/mol. The van der Waals surface area contributed by atoms with Crippen LogP contribution in [0.5, 0.6) is 0 Å². The van der Waals surface area contributed by atoms with Gasteiger partial charge in [-0.3, -0.25) is 9.78 Å². The molecule has 2 heterocycles. The maximum atomic E-state index is 12.2. The molecule has 4 nitrogen and oxygen atoms in total. The third-order valence-electron chi connectivity index (χ3n) is 4.37. The maximum Gasteiger partial charge on any atom is 0.222 e. The molecule has 3 rings (SSSR count). The van der Waals surface area contributed by atoms with Gasteiger partial charge in [-0.2, -0.15) is 0 Å². The standard InChI is InChI=1S/C15H21N3O/c16-14-10-18(9-13(14)12-2-3-12)15(19)4-1-11-5-7-17-8-6-11/h5-8,12-14H,1-4,9-10,16H2/t13-,14+/m0/s1. The molecule has 1 aromatic heterocycles. The zero-order valence-corrected chi connectivity index (χ0v) is 11.2. The molecule has 0 bridgehead atoms. The van der Waals surface area contributed by atoms with Crippen LogP contribution in [-0.2, 0) is 11.2 Å². The Hall–Kier alpha value is -1.42. The van der Waals surface area contributed by atoms with Crippen LogP contribution in [0.2, 0.25) is 0 Å². The molecule has 2 aliphatic rings. The van der Waals surface area contributed by atoms with Gasteiger partial charge >= 0.3 is 0 Å². The van der Waals surface area contributed by atoms with Crippen molar-refractivity contribution >= 4 is 5.91 Å². The van der Waals surface area contributed by atoms with Crippen molar-refractivity contribution in [3.8, 4) is 0 Å². The molecule has 0 spiro atoms. The third kappa shape index (κ3) is 2.95. The number of hydrogen-bond donors (Lipinski definition) is 1. The Morgan fingerprint density at radius 2 is 2.05 bits per heavy atom. The van der Waals surface area contributed by atoms with E-state index in [0.29, 0.717) is 12.3 Å². The molecule has 102 valence electrons. The van der Waals surface area contributed by atoms with E-state index in [-0.39, 0.29) is 11.9 Å². The highest BCUT2D eigenvalue weighted by atomic mass is 16.2. The van der Waals surface area contributed by atoms with Gasteiger partial charge in [0, 0.05) is 37.9 Å². The van der Waals surface area contributed by atoms with Crippen molar-refractivity contribution in [1.82, 2.24) is 9.88 Å². The highest BCUT2D eigenvalue weighted by Crippen LogP contribution is 2.40. The van der Waals surface area contributed by atoms with Gasteiger partial charge in [-0.05, 0) is 48.8 Å². The van der Waals surface area contributed by atoms with Crippen LogP contribution in [0.15, 0.2) is 24.5 Å². The lowest BCUT2D eigenvalue weighted by Gasteiger charge is -2.16. The number of nitrogens with two attached hydrogens (primary N) is 1. The number of nitrogens with zero attached hydrogens (tertiary/aromatic N) is 2. The summed E-state index contributed by atoms with van der Waals surface area (Å²) in [5.74, 6) is 1.58. The Labute approximate surface area is 114 Å². The van der Waals surface area contributed by atoms with Crippen LogP contribution in [0.1, 0.15) is 24.8 Å². The fraction of sp³-hybridized carbons (Fsp3) is 0.600. The lowest BCUT2D eigenvalue weighted by molar-refractivity contribution is -0.130. The molecule has 2 fully saturated rings. The number of carbonyl (C=O) groups excluding carboxylic acids is 1. The first kappa shape index (κ1) is 12.6. The van der Waals surface area contributed by atoms with Gasteiger partial charge < -0.3 is 10.6 Å². The van der Waals surface area contributed by atoms with E-state index in [9.17, 15) is 4.79 Å². The number of aryl methyl sites for hydroxylation is 1. The molecule has 2 N–H and O–H groups in total. The molecule has 0 radical (unpaired) electrons. The van der Waals surface area contributed by atoms with Crippen molar-refractivity contribution in [3.05, 3.63) is 30.1 Å². The Morgan fingerprint density at radius 1 is 1.32 bits per heavy atom. The molecule has 1 aromatic rings. The number of rotatable bonds is 4. The number of aromatic nitrogens is 1. The van der Waals surface area contributed by atoms with Crippen LogP contribution in [0, 0.1) is 11.8 Å². The van der Waals surface area contributed by atoms with Crippen LogP contribution in [-0.4, -0.2) is 34.9 Å². The highest BCUT2D eigenvalue weighted by molar-refractivity contribution is 5.76. The summed E-state index contributed by atoms with van der Waals surface area (Å²) in [6, 6.07) is 4.13. The van der Waals surface area contributed by atoms with E-state index in [1.165, 1.54) is 18.4 Å². The molecule has 4 heteroatoms. The number of amides is 1. The summed E-state index contributed by atoms with van der Waals surface area (Å²) in [5.41, 5.74) is 7.33. The van der Waals surface area contributed by atoms with Crippen LogP contribution in [0.25, 0.3) is 0 Å². The predicted molar refractivity (Wildman–Crippen MR) is 73.3 cm³/mol. The second-order valence-corrected chi connectivity index (χ2v) is 5.82. The lowest BCUT2D eigenvalue weighted by Crippen LogP contribution is -2.32. The third-order valence-corrected chi connectivity index (χ3v) is 4.37. The van der Waals surface area contributed by atoms with Crippen molar-refractivity contribution in [1.29, 1.82) is 0 Å². The molecule has 1 aliphatic heterocycles. The summed E-state index contributed by atoms with van der Waals surface area (Å²) in [4.78, 5) is 18.2. The van der Waals surface area contributed by atoms with Crippen molar-refractivity contribution in [2.24, 2.45) is 17.6 Å². The molecule has 0 unspecified atom stereocenters. The fourth-order valence-corrected chi connectivity index (χ4v) is 3.04. The van der Waals surface area contributed by atoms with E-state index in [1.807, 2.05) is 17.0 Å². The molecule has 2 atom stereocenters. The average molecular weight is 259 g/mol. The van der Waals surface area contributed by atoms with Crippen LogP contribution in [0.3, 0.4) is 0 Å². The Morgan fingerprint density at radius 3 is 2.74 bits per heavy atom. The number of pyridine rings is 1. The Kier molecular flexibility index (Phi) is 3.51. The van der Waals surface area contributed by atoms with Gasteiger partial charge in [-0.15, -0.1) is 0 Å². The van der Waals surface area contributed by atoms with Crippen LogP contribution < -0.4 is 5.73 Å². The summed E-state index contributed by atoms with van der Waals surface area (Å²) < 4.78 is 0. The molecule has 0 aromatic carbocycles. The predicted octanol–water partition coefficient (Wildman–Crippen LogP) is 1.21. The number of carbonyl (C=O) groups is 1. The largest absolute Gasteiger partial charge is 0.341 e. The maximum absolute atomic E-state index is 12.2. The first-order chi connectivity index (χ1) is 9.24. The first-order valence-corrected chi connectivity index (χ1v) is 7.16. The summed E-state index contributed by atoms with van der Waals surface area (Å²) in [6.07, 6.45) is 7.52. The fourth-order valence-electron chi connectivity index (χ4n) is 3.04. The van der Waals surface area contributed by atoms with E-state index in [0.717, 1.165) is 25.4 Å². The van der Waals surface area contributed by atoms with Crippen molar-refractivity contribution < 1.29 is 4.79 Å². The topological polar surface area (TPSA) is 59.2 Å². The Bertz CT molecular complexity index is 444. The first-order valence-electron chi connectivity index (χ1n) is 7.16. The molecule has 1 saturated heterocycles. The smallest absolute Gasteiger partial charge is 0.222 e. The van der Waals surface area contributed by atoms with E-state index < -0.39 is 0 Å². The van der Waals surface area contributed by atoms with E-state index in [4.69, 9.17) is 5.73 Å². The van der Waals surface area contributed by atoms with Crippen LogP contribution >= 0.6 is 0 Å². The minimum absolute atomic E-state index is 0.192. The van der Waals surface area contributed by atoms with Crippen molar-refractivity contribution in [3.63, 3.8) is 0 Å². The van der Waals surface area contributed by atoms with Crippen molar-refractivity contribution in [2.75, 3.05) is 13.1 Å². The van der Waals surface area contributed by atoms with Gasteiger partial charge in [0.15, 0.2) is 0 Å². The average Bonchev–Trinajstić information content (AvgIpc) is 3.20. The zero-order chi connectivity index (χ0) is 13.2. The van der Waals surface area contributed by atoms with Crippen molar-refractivity contribution in [2.45, 2.75) is 31.7 Å². The van der Waals surface area contributed by atoms with E-state index >= 15 is 0 Å². The molecule has 1 aliphatic carbocycles. The number of hydrogen-bond acceptors (Lipinski definition) is 3. The van der Waals surface area contributed by atoms with Gasteiger partial charge in [0.1, 0.15) is 0 Å². The summed E-state index contributed by atoms with van der Waals surface area (Å²) >= 11 is 0. The van der Waals surface area contributed by atoms with Gasteiger partial charge in [-0.25, -0.2) is 0 Å². The quantitative estimate of drug-likeness (QED) is 0.884. The van der Waals surface area contributed by atoms with Gasteiger partial charge in [0.2, 0.25) is 5.91 Å². The normalized spacial score (nSPS) is 26.7. The zero-order valence-electron chi connectivity index (χ0n) is 11.2. The summed E-state index contributed by atoms with van der Waals surface area (Å²) in [5, 5.41) is 0. The van der Waals surface area contributed by atoms with Gasteiger partial charge in [0.05, 0.1) is 0 Å². The Balaban J connectivity index is 1.51. The minimum atomic E-state index is 0.192. The van der Waals surface area contributed by atoms with Crippen LogP contribution in [0.4, 0.5) is 0 Å². The molecule has 1 saturated carbocycles. The van der Waals surface area contributed by atoms with Gasteiger partial charge in [-0.1, -0.05) is 0 Å². The minimum Gasteiger partial charge on any atom is -0.341 e. The summed E-state index contributed by atoms with van der Waals surface area (Å²) in [6.45, 7) is 1.62. The number of likely N-dealkylation sites (tertiary alicyclic amines) is 1.